The number of oxime groups is 1. The molecule has 52 valence electrons. The zero-order valence-electron chi connectivity index (χ0n) is 4.77. The van der Waals surface area contributed by atoms with Crippen molar-refractivity contribution in [3.63, 3.8) is 0 Å². The first-order valence-electron chi connectivity index (χ1n) is 2.23. The van der Waals surface area contributed by atoms with Crippen LogP contribution in [0.25, 0.3) is 0 Å². The summed E-state index contributed by atoms with van der Waals surface area (Å²) in [5.41, 5.74) is -0.657. The predicted molar refractivity (Wildman–Crippen MR) is 28.5 cm³/mol. The quantitative estimate of drug-likeness (QED) is 0.263. The van der Waals surface area contributed by atoms with E-state index in [-0.39, 0.29) is 0 Å². The fourth-order valence-electron chi connectivity index (χ4n) is 0.305. The van der Waals surface area contributed by atoms with Crippen LogP contribution in [0, 0.1) is 0 Å². The van der Waals surface area contributed by atoms with Crippen molar-refractivity contribution in [2.45, 2.75) is 13.0 Å². The highest BCUT2D eigenvalue weighted by Crippen LogP contribution is 1.85. The lowest BCUT2D eigenvalue weighted by atomic mass is 10.2. The molecule has 0 saturated heterocycles. The van der Waals surface area contributed by atoms with Gasteiger partial charge in [-0.2, -0.15) is 0 Å². The third kappa shape index (κ3) is 2.09. The van der Waals surface area contributed by atoms with E-state index in [1.165, 1.54) is 6.92 Å². The zero-order valence-corrected chi connectivity index (χ0v) is 4.77. The van der Waals surface area contributed by atoms with Crippen molar-refractivity contribution in [3.05, 3.63) is 0 Å². The monoisotopic (exact) mass is 133 g/mol. The normalized spacial score (nSPS) is 15.1. The van der Waals surface area contributed by atoms with Gasteiger partial charge in [-0.1, -0.05) is 5.16 Å². The van der Waals surface area contributed by atoms with Gasteiger partial charge >= 0.3 is 5.97 Å². The summed E-state index contributed by atoms with van der Waals surface area (Å²) in [4.78, 5) is 9.92. The molecule has 0 aliphatic rings. The summed E-state index contributed by atoms with van der Waals surface area (Å²) in [5.74, 6) is -1.42. The second-order valence-corrected chi connectivity index (χ2v) is 1.47. The molecule has 0 bridgehead atoms. The summed E-state index contributed by atoms with van der Waals surface area (Å²) in [5, 5.41) is 26.9. The van der Waals surface area contributed by atoms with Crippen molar-refractivity contribution >= 4 is 11.7 Å². The number of nitrogens with zero attached hydrogens (tertiary/aromatic N) is 1. The lowest BCUT2D eigenvalue weighted by Crippen LogP contribution is -2.25. The third-order valence-corrected chi connectivity index (χ3v) is 0.723. The van der Waals surface area contributed by atoms with Crippen LogP contribution in [0.5, 0.6) is 0 Å². The number of carboxylic acids is 1. The van der Waals surface area contributed by atoms with E-state index in [1.54, 1.807) is 0 Å². The van der Waals surface area contributed by atoms with Crippen molar-refractivity contribution < 1.29 is 20.2 Å². The molecule has 0 fully saturated rings. The van der Waals surface area contributed by atoms with Gasteiger partial charge in [0.25, 0.3) is 0 Å². The van der Waals surface area contributed by atoms with Crippen LogP contribution in [0.2, 0.25) is 0 Å². The minimum absolute atomic E-state index is 0.657. The lowest BCUT2D eigenvalue weighted by molar-refractivity contribution is -0.130. The number of hydrogen-bond acceptors (Lipinski definition) is 4. The maximum atomic E-state index is 9.92. The molecule has 5 nitrogen and oxygen atoms in total. The first kappa shape index (κ1) is 7.90. The molecule has 0 aromatic heterocycles. The van der Waals surface area contributed by atoms with Crippen molar-refractivity contribution in [3.8, 4) is 0 Å². The number of carbonyl (C=O) groups is 1. The molecule has 0 aromatic carbocycles. The minimum atomic E-state index is -1.42. The van der Waals surface area contributed by atoms with E-state index >= 15 is 0 Å². The van der Waals surface area contributed by atoms with Crippen LogP contribution in [-0.4, -0.2) is 33.2 Å². The molecule has 0 amide bonds. The molecule has 0 aromatic rings. The predicted octanol–water partition coefficient (Wildman–Crippen LogP) is -0.718. The van der Waals surface area contributed by atoms with E-state index < -0.39 is 17.8 Å². The summed E-state index contributed by atoms with van der Waals surface area (Å²) in [6, 6.07) is 0. The number of aliphatic hydroxyl groups excluding tert-OH is 1. The van der Waals surface area contributed by atoms with Crippen LogP contribution in [0.3, 0.4) is 0 Å². The number of aliphatic carboxylic acids is 1. The summed E-state index contributed by atoms with van der Waals surface area (Å²) < 4.78 is 0. The minimum Gasteiger partial charge on any atom is -0.477 e. The molecule has 9 heavy (non-hydrogen) atoms. The summed E-state index contributed by atoms with van der Waals surface area (Å²) >= 11 is 0. The van der Waals surface area contributed by atoms with Gasteiger partial charge < -0.3 is 15.4 Å². The molecule has 1 unspecified atom stereocenters. The molecule has 0 aliphatic carbocycles. The van der Waals surface area contributed by atoms with Crippen molar-refractivity contribution in [2.24, 2.45) is 5.16 Å². The lowest BCUT2D eigenvalue weighted by Gasteiger charge is -1.98. The highest BCUT2D eigenvalue weighted by Gasteiger charge is 2.15. The molecular formula is C4H7NO4. The Kier molecular flexibility index (Phi) is 2.66. The highest BCUT2D eigenvalue weighted by molar-refractivity contribution is 6.37. The van der Waals surface area contributed by atoms with Gasteiger partial charge in [0, 0.05) is 0 Å². The Morgan fingerprint density at radius 1 is 1.67 bits per heavy atom. The third-order valence-electron chi connectivity index (χ3n) is 0.723. The van der Waals surface area contributed by atoms with Gasteiger partial charge in [0.05, 0.1) is 0 Å². The van der Waals surface area contributed by atoms with Gasteiger partial charge in [-0.15, -0.1) is 0 Å². The van der Waals surface area contributed by atoms with Gasteiger partial charge in [-0.05, 0) is 6.92 Å². The number of aliphatic hydroxyl groups is 1. The van der Waals surface area contributed by atoms with Gasteiger partial charge in [-0.3, -0.25) is 0 Å². The summed E-state index contributed by atoms with van der Waals surface area (Å²) in [7, 11) is 0. The van der Waals surface area contributed by atoms with Gasteiger partial charge in [0.2, 0.25) is 0 Å². The van der Waals surface area contributed by atoms with Crippen LogP contribution >= 0.6 is 0 Å². The first-order valence-corrected chi connectivity index (χ1v) is 2.23. The topological polar surface area (TPSA) is 90.1 Å². The van der Waals surface area contributed by atoms with Gasteiger partial charge in [-0.25, -0.2) is 4.79 Å². The average molecular weight is 133 g/mol. The fraction of sp³-hybridized carbons (Fsp3) is 0.500. The molecule has 3 N–H and O–H groups in total. The van der Waals surface area contributed by atoms with Crippen LogP contribution in [0.4, 0.5) is 0 Å². The van der Waals surface area contributed by atoms with Gasteiger partial charge in [0.1, 0.15) is 6.10 Å². The molecular weight excluding hydrogens is 126 g/mol. The van der Waals surface area contributed by atoms with E-state index in [4.69, 9.17) is 15.4 Å². The Hall–Kier alpha value is -1.10. The highest BCUT2D eigenvalue weighted by atomic mass is 16.4. The number of rotatable bonds is 2. The maximum absolute atomic E-state index is 9.92. The zero-order chi connectivity index (χ0) is 7.44. The van der Waals surface area contributed by atoms with Gasteiger partial charge in [0.15, 0.2) is 5.71 Å². The Balaban J connectivity index is 4.19. The molecule has 0 rings (SSSR count). The Bertz CT molecular complexity index is 140. The van der Waals surface area contributed by atoms with Crippen molar-refractivity contribution in [1.82, 2.24) is 0 Å². The summed E-state index contributed by atoms with van der Waals surface area (Å²) in [6.07, 6.45) is -1.24. The van der Waals surface area contributed by atoms with E-state index in [0.29, 0.717) is 0 Å². The molecule has 0 aliphatic heterocycles. The first-order chi connectivity index (χ1) is 4.09. The van der Waals surface area contributed by atoms with Crippen molar-refractivity contribution in [1.29, 1.82) is 0 Å². The van der Waals surface area contributed by atoms with E-state index in [2.05, 4.69) is 5.16 Å². The van der Waals surface area contributed by atoms with Crippen molar-refractivity contribution in [2.75, 3.05) is 0 Å². The van der Waals surface area contributed by atoms with E-state index in [0.717, 1.165) is 0 Å². The molecule has 0 heterocycles. The molecule has 1 atom stereocenters. The molecule has 0 saturated carbocycles. The molecule has 0 radical (unpaired) electrons. The smallest absolute Gasteiger partial charge is 0.356 e. The standard InChI is InChI=1S/C4H7NO4/c1-2(6)3(5-9)4(7)8/h2,6,9H,1H3,(H,7,8). The van der Waals surface area contributed by atoms with E-state index in [1.807, 2.05) is 0 Å². The number of hydrogen-bond donors (Lipinski definition) is 3. The fourth-order valence-corrected chi connectivity index (χ4v) is 0.305. The molecule has 0 spiro atoms. The molecule has 5 heteroatoms. The second-order valence-electron chi connectivity index (χ2n) is 1.47. The summed E-state index contributed by atoms with van der Waals surface area (Å²) in [6.45, 7) is 1.20. The van der Waals surface area contributed by atoms with Crippen LogP contribution in [0.15, 0.2) is 5.16 Å². The SMILES string of the molecule is CC(O)C(=NO)C(=O)O. The van der Waals surface area contributed by atoms with Crippen LogP contribution in [-0.2, 0) is 4.79 Å². The number of carboxylic acid groups (broad SMARTS) is 1. The van der Waals surface area contributed by atoms with Crippen LogP contribution in [0.1, 0.15) is 6.92 Å². The average Bonchev–Trinajstić information content (AvgIpc) is 1.64. The Morgan fingerprint density at radius 3 is 2.11 bits per heavy atom. The van der Waals surface area contributed by atoms with Crippen LogP contribution < -0.4 is 0 Å². The maximum Gasteiger partial charge on any atom is 0.356 e. The Morgan fingerprint density at radius 2 is 2.11 bits per heavy atom. The van der Waals surface area contributed by atoms with E-state index in [9.17, 15) is 4.79 Å². The Labute approximate surface area is 51.2 Å². The second kappa shape index (κ2) is 3.03. The largest absolute Gasteiger partial charge is 0.477 e.